The highest BCUT2D eigenvalue weighted by molar-refractivity contribution is 7.13. The summed E-state index contributed by atoms with van der Waals surface area (Å²) in [6.07, 6.45) is -0.154. The van der Waals surface area contributed by atoms with Crippen LogP contribution in [0.2, 0.25) is 5.02 Å². The molecule has 1 unspecified atom stereocenters. The van der Waals surface area contributed by atoms with E-state index in [4.69, 9.17) is 11.6 Å². The second-order valence-electron chi connectivity index (χ2n) is 7.88. The first-order valence-corrected chi connectivity index (χ1v) is 11.9. The minimum absolute atomic E-state index is 0.0107. The lowest BCUT2D eigenvalue weighted by Crippen LogP contribution is -2.13. The van der Waals surface area contributed by atoms with Crippen LogP contribution in [0.1, 0.15) is 50.0 Å². The number of ketones is 1. The van der Waals surface area contributed by atoms with Gasteiger partial charge in [0.05, 0.1) is 33.7 Å². The van der Waals surface area contributed by atoms with Crippen molar-refractivity contribution in [3.8, 4) is 0 Å². The number of nitrogens with one attached hydrogen (secondary N) is 2. The topological polar surface area (TPSA) is 123 Å². The minimum Gasteiger partial charge on any atom is -0.339 e. The van der Waals surface area contributed by atoms with Crippen molar-refractivity contribution in [1.82, 2.24) is 24.9 Å². The molecule has 0 fully saturated rings. The number of carbonyl (C=O) groups is 2. The molecule has 0 spiro atoms. The Hall–Kier alpha value is -4.04. The quantitative estimate of drug-likeness (QED) is 0.154. The van der Waals surface area contributed by atoms with Crippen molar-refractivity contribution >= 4 is 52.0 Å². The molecule has 15 heteroatoms. The zero-order valence-electron chi connectivity index (χ0n) is 19.3. The lowest BCUT2D eigenvalue weighted by atomic mass is 10.0. The third-order valence-electron chi connectivity index (χ3n) is 5.02. The highest BCUT2D eigenvalue weighted by atomic mass is 35.5. The summed E-state index contributed by atoms with van der Waals surface area (Å²) in [6, 6.07) is 4.71. The van der Waals surface area contributed by atoms with Crippen LogP contribution in [-0.2, 0) is 6.18 Å². The zero-order chi connectivity index (χ0) is 27.4. The lowest BCUT2D eigenvalue weighted by Gasteiger charge is -2.10. The van der Waals surface area contributed by atoms with Gasteiger partial charge in [-0.2, -0.15) is 17.6 Å². The summed E-state index contributed by atoms with van der Waals surface area (Å²) in [7, 11) is 0. The van der Waals surface area contributed by atoms with Gasteiger partial charge in [-0.1, -0.05) is 18.5 Å². The molecule has 0 radical (unpaired) electrons. The number of amides is 1. The van der Waals surface area contributed by atoms with E-state index in [9.17, 15) is 27.2 Å². The lowest BCUT2D eigenvalue weighted by molar-refractivity contribution is -0.137. The number of anilines is 3. The number of rotatable bonds is 8. The number of thiazole rings is 1. The van der Waals surface area contributed by atoms with E-state index in [-0.39, 0.29) is 28.6 Å². The maximum atomic E-state index is 13.1. The van der Waals surface area contributed by atoms with E-state index in [2.05, 4.69) is 35.6 Å². The maximum absolute atomic E-state index is 13.1. The minimum atomic E-state index is -4.71. The Morgan fingerprint density at radius 3 is 2.53 bits per heavy atom. The number of hydrogen-bond acceptors (Lipinski definition) is 9. The molecule has 4 aromatic rings. The van der Waals surface area contributed by atoms with E-state index in [1.807, 2.05) is 0 Å². The molecule has 0 saturated heterocycles. The van der Waals surface area contributed by atoms with Crippen LogP contribution in [0, 0.1) is 5.95 Å². The van der Waals surface area contributed by atoms with Crippen LogP contribution < -0.4 is 10.6 Å². The highest BCUT2D eigenvalue weighted by Gasteiger charge is 2.34. The fourth-order valence-electron chi connectivity index (χ4n) is 3.17. The second-order valence-corrected chi connectivity index (χ2v) is 9.34. The first-order chi connectivity index (χ1) is 18.0. The van der Waals surface area contributed by atoms with Crippen LogP contribution >= 0.6 is 22.9 Å². The monoisotopic (exact) mass is 565 g/mol. The van der Waals surface area contributed by atoms with Crippen LogP contribution in [0.4, 0.5) is 34.9 Å². The molecule has 1 atom stereocenters. The number of nitrogens with zero attached hydrogens (tertiary/aromatic N) is 5. The van der Waals surface area contributed by atoms with E-state index in [0.29, 0.717) is 22.6 Å². The highest BCUT2D eigenvalue weighted by Crippen LogP contribution is 2.35. The number of hydrogen-bond donors (Lipinski definition) is 2. The van der Waals surface area contributed by atoms with Gasteiger partial charge in [-0.15, -0.1) is 11.3 Å². The van der Waals surface area contributed by atoms with Gasteiger partial charge in [-0.25, -0.2) is 24.9 Å². The Morgan fingerprint density at radius 1 is 1.03 bits per heavy atom. The molecule has 2 N–H and O–H groups in total. The van der Waals surface area contributed by atoms with Gasteiger partial charge in [-0.05, 0) is 18.2 Å². The average Bonchev–Trinajstić information content (AvgIpc) is 3.37. The molecule has 4 heterocycles. The Labute approximate surface area is 221 Å². The number of carbonyl (C=O) groups excluding carboxylic acids is 2. The van der Waals surface area contributed by atoms with Gasteiger partial charge in [0.1, 0.15) is 28.5 Å². The largest absolute Gasteiger partial charge is 0.418 e. The standard InChI is InChI=1S/C23H16ClF4N7O2S/c1-11(4-16(36)15-6-20(33-10-32-15)34-12-2-3-18(25)29-7-12)22-31-9-17(38-22)21(37)35-19-5-13(23(26,27)28)14(24)8-30-19/h2-3,5-11H,4H2,1H3,(H,30,35,37)(H,32,33,34). The molecule has 0 saturated carbocycles. The van der Waals surface area contributed by atoms with E-state index in [1.54, 1.807) is 6.92 Å². The van der Waals surface area contributed by atoms with E-state index in [0.717, 1.165) is 17.5 Å². The molecule has 9 nitrogen and oxygen atoms in total. The fraction of sp³-hybridized carbons (Fsp3) is 0.174. The Morgan fingerprint density at radius 2 is 1.82 bits per heavy atom. The molecule has 0 aliphatic heterocycles. The SMILES string of the molecule is CC(CC(=O)c1cc(Nc2ccc(F)nc2)ncn1)c1ncc(C(=O)Nc2cc(C(F)(F)F)c(Cl)cn2)s1. The summed E-state index contributed by atoms with van der Waals surface area (Å²) >= 11 is 6.54. The van der Waals surface area contributed by atoms with Crippen molar-refractivity contribution in [3.63, 3.8) is 0 Å². The van der Waals surface area contributed by atoms with Crippen molar-refractivity contribution in [2.45, 2.75) is 25.4 Å². The predicted octanol–water partition coefficient (Wildman–Crippen LogP) is 5.91. The van der Waals surface area contributed by atoms with Crippen LogP contribution in [0.15, 0.2) is 49.2 Å². The predicted molar refractivity (Wildman–Crippen MR) is 131 cm³/mol. The molecular weight excluding hydrogens is 550 g/mol. The summed E-state index contributed by atoms with van der Waals surface area (Å²) in [4.78, 5) is 44.9. The van der Waals surface area contributed by atoms with Crippen molar-refractivity contribution in [2.75, 3.05) is 10.6 Å². The van der Waals surface area contributed by atoms with Gasteiger partial charge in [0.25, 0.3) is 5.91 Å². The fourth-order valence-corrected chi connectivity index (χ4v) is 4.24. The number of alkyl halides is 3. The molecule has 0 aromatic carbocycles. The number of halogens is 5. The number of Topliss-reactive ketones (excluding diaryl/α,β-unsaturated/α-hetero) is 1. The normalized spacial score (nSPS) is 12.2. The third kappa shape index (κ3) is 6.63. The van der Waals surface area contributed by atoms with Gasteiger partial charge in [-0.3, -0.25) is 9.59 Å². The molecule has 0 aliphatic carbocycles. The van der Waals surface area contributed by atoms with E-state index < -0.39 is 34.5 Å². The van der Waals surface area contributed by atoms with Gasteiger partial charge >= 0.3 is 6.18 Å². The van der Waals surface area contributed by atoms with Crippen LogP contribution in [0.5, 0.6) is 0 Å². The summed E-state index contributed by atoms with van der Waals surface area (Å²) in [5.74, 6) is -2.07. The summed E-state index contributed by atoms with van der Waals surface area (Å²) in [6.45, 7) is 1.74. The van der Waals surface area contributed by atoms with Crippen LogP contribution in [-0.4, -0.2) is 36.6 Å². The molecule has 0 aliphatic rings. The number of aromatic nitrogens is 5. The van der Waals surface area contributed by atoms with Crippen LogP contribution in [0.3, 0.4) is 0 Å². The van der Waals surface area contributed by atoms with Crippen LogP contribution in [0.25, 0.3) is 0 Å². The van der Waals surface area contributed by atoms with Gasteiger partial charge in [0, 0.05) is 24.6 Å². The summed E-state index contributed by atoms with van der Waals surface area (Å²) < 4.78 is 52.2. The van der Waals surface area contributed by atoms with E-state index >= 15 is 0 Å². The molecule has 38 heavy (non-hydrogen) atoms. The Kier molecular flexibility index (Phi) is 7.92. The van der Waals surface area contributed by atoms with Gasteiger partial charge in [0.15, 0.2) is 5.78 Å². The Balaban J connectivity index is 1.39. The molecular formula is C23H16ClF4N7O2S. The number of pyridine rings is 2. The first kappa shape index (κ1) is 27.0. The summed E-state index contributed by atoms with van der Waals surface area (Å²) in [5, 5.41) is 5.07. The van der Waals surface area contributed by atoms with E-state index in [1.165, 1.54) is 36.9 Å². The average molecular weight is 566 g/mol. The molecule has 4 rings (SSSR count). The van der Waals surface area contributed by atoms with Crippen molar-refractivity contribution in [1.29, 1.82) is 0 Å². The first-order valence-electron chi connectivity index (χ1n) is 10.7. The van der Waals surface area contributed by atoms with Gasteiger partial charge in [0.2, 0.25) is 5.95 Å². The summed E-state index contributed by atoms with van der Waals surface area (Å²) in [5.41, 5.74) is -0.527. The zero-order valence-corrected chi connectivity index (χ0v) is 20.8. The maximum Gasteiger partial charge on any atom is 0.418 e. The molecule has 1 amide bonds. The smallest absolute Gasteiger partial charge is 0.339 e. The third-order valence-corrected chi connectivity index (χ3v) is 6.54. The molecule has 0 bridgehead atoms. The van der Waals surface area contributed by atoms with Gasteiger partial charge < -0.3 is 10.6 Å². The second kappa shape index (κ2) is 11.1. The van der Waals surface area contributed by atoms with Crippen molar-refractivity contribution in [2.24, 2.45) is 0 Å². The molecule has 196 valence electrons. The Bertz CT molecular complexity index is 1480. The van der Waals surface area contributed by atoms with Crippen molar-refractivity contribution in [3.05, 3.63) is 81.3 Å². The molecule has 4 aromatic heterocycles. The van der Waals surface area contributed by atoms with Crippen molar-refractivity contribution < 1.29 is 27.2 Å².